The number of hydrogen-bond donors (Lipinski definition) is 3. The molecule has 0 aliphatic rings. The second-order valence-corrected chi connectivity index (χ2v) is 5.81. The molecule has 0 bridgehead atoms. The van der Waals surface area contributed by atoms with Crippen LogP contribution in [0.5, 0.6) is 0 Å². The number of nitrogens with one attached hydrogen (secondary N) is 2. The minimum absolute atomic E-state index is 0. The quantitative estimate of drug-likeness (QED) is 0.738. The van der Waals surface area contributed by atoms with Crippen LogP contribution in [0.4, 0.5) is 0 Å². The first-order valence-electron chi connectivity index (χ1n) is 7.95. The molecule has 0 aromatic heterocycles. The van der Waals surface area contributed by atoms with Gasteiger partial charge in [0, 0.05) is 18.7 Å². The van der Waals surface area contributed by atoms with Crippen LogP contribution < -0.4 is 16.4 Å². The molecule has 2 aromatic rings. The SMILES string of the molecule is CCNC(=O)c1ccc(CNC(=O)C(C)(N)c2ccccc2)cc1.Cl. The molecule has 0 aliphatic carbocycles. The van der Waals surface area contributed by atoms with Crippen molar-refractivity contribution in [1.29, 1.82) is 0 Å². The summed E-state index contributed by atoms with van der Waals surface area (Å²) in [5.74, 6) is -0.354. The van der Waals surface area contributed by atoms with E-state index in [-0.39, 0.29) is 24.2 Å². The van der Waals surface area contributed by atoms with Gasteiger partial charge in [0.1, 0.15) is 5.54 Å². The molecule has 6 heteroatoms. The van der Waals surface area contributed by atoms with Crippen molar-refractivity contribution in [3.05, 3.63) is 71.3 Å². The maximum absolute atomic E-state index is 12.4. The molecule has 4 N–H and O–H groups in total. The highest BCUT2D eigenvalue weighted by Crippen LogP contribution is 2.17. The normalized spacial score (nSPS) is 12.4. The van der Waals surface area contributed by atoms with Gasteiger partial charge in [-0.1, -0.05) is 42.5 Å². The van der Waals surface area contributed by atoms with E-state index in [9.17, 15) is 9.59 Å². The van der Waals surface area contributed by atoms with Crippen LogP contribution in [-0.2, 0) is 16.9 Å². The van der Waals surface area contributed by atoms with E-state index >= 15 is 0 Å². The Hall–Kier alpha value is -2.37. The van der Waals surface area contributed by atoms with Crippen molar-refractivity contribution >= 4 is 24.2 Å². The number of halogens is 1. The van der Waals surface area contributed by atoms with Crippen molar-refractivity contribution in [2.45, 2.75) is 25.9 Å². The minimum Gasteiger partial charge on any atom is -0.352 e. The topological polar surface area (TPSA) is 84.2 Å². The molecule has 2 rings (SSSR count). The molecule has 2 aromatic carbocycles. The van der Waals surface area contributed by atoms with Crippen molar-refractivity contribution in [3.63, 3.8) is 0 Å². The van der Waals surface area contributed by atoms with Gasteiger partial charge in [-0.15, -0.1) is 12.4 Å². The smallest absolute Gasteiger partial charge is 0.251 e. The van der Waals surface area contributed by atoms with E-state index in [2.05, 4.69) is 10.6 Å². The fraction of sp³-hybridized carbons (Fsp3) is 0.263. The third-order valence-electron chi connectivity index (χ3n) is 3.85. The highest BCUT2D eigenvalue weighted by molar-refractivity contribution is 5.94. The number of rotatable bonds is 6. The number of nitrogens with two attached hydrogens (primary N) is 1. The average molecular weight is 362 g/mol. The fourth-order valence-corrected chi connectivity index (χ4v) is 2.32. The Morgan fingerprint density at radius 1 is 1.00 bits per heavy atom. The van der Waals surface area contributed by atoms with Crippen LogP contribution in [0.15, 0.2) is 54.6 Å². The molecule has 1 unspecified atom stereocenters. The maximum atomic E-state index is 12.4. The molecule has 5 nitrogen and oxygen atoms in total. The highest BCUT2D eigenvalue weighted by atomic mass is 35.5. The predicted octanol–water partition coefficient (Wildman–Crippen LogP) is 2.35. The summed E-state index contributed by atoms with van der Waals surface area (Å²) >= 11 is 0. The summed E-state index contributed by atoms with van der Waals surface area (Å²) in [5.41, 5.74) is 7.34. The summed E-state index contributed by atoms with van der Waals surface area (Å²) < 4.78 is 0. The van der Waals surface area contributed by atoms with Crippen molar-refractivity contribution in [3.8, 4) is 0 Å². The van der Waals surface area contributed by atoms with E-state index in [1.54, 1.807) is 19.1 Å². The van der Waals surface area contributed by atoms with E-state index < -0.39 is 5.54 Å². The largest absolute Gasteiger partial charge is 0.352 e. The lowest BCUT2D eigenvalue weighted by molar-refractivity contribution is -0.126. The first kappa shape index (κ1) is 20.7. The Kier molecular flexibility index (Phi) is 7.61. The second-order valence-electron chi connectivity index (χ2n) is 5.81. The van der Waals surface area contributed by atoms with Crippen LogP contribution in [0.3, 0.4) is 0 Å². The number of hydrogen-bond acceptors (Lipinski definition) is 3. The van der Waals surface area contributed by atoms with E-state index in [4.69, 9.17) is 5.73 Å². The lowest BCUT2D eigenvalue weighted by Crippen LogP contribution is -2.48. The standard InChI is InChI=1S/C19H23N3O2.ClH/c1-3-21-17(23)15-11-9-14(10-12-15)13-22-18(24)19(2,20)16-7-5-4-6-8-16;/h4-12H,3,13,20H2,1-2H3,(H,21,23)(H,22,24);1H. The summed E-state index contributed by atoms with van der Waals surface area (Å²) in [4.78, 5) is 24.1. The summed E-state index contributed by atoms with van der Waals surface area (Å²) in [7, 11) is 0. The van der Waals surface area contributed by atoms with Crippen LogP contribution in [0.25, 0.3) is 0 Å². The Balaban J connectivity index is 0.00000312. The van der Waals surface area contributed by atoms with Crippen molar-refractivity contribution in [2.24, 2.45) is 5.73 Å². The van der Waals surface area contributed by atoms with Gasteiger partial charge in [0.05, 0.1) is 0 Å². The van der Waals surface area contributed by atoms with Crippen molar-refractivity contribution < 1.29 is 9.59 Å². The Morgan fingerprint density at radius 3 is 2.16 bits per heavy atom. The Morgan fingerprint density at radius 2 is 1.60 bits per heavy atom. The van der Waals surface area contributed by atoms with Gasteiger partial charge in [-0.05, 0) is 37.1 Å². The molecule has 0 aliphatic heterocycles. The molecule has 134 valence electrons. The van der Waals surface area contributed by atoms with E-state index in [0.717, 1.165) is 11.1 Å². The molecular formula is C19H24ClN3O2. The van der Waals surface area contributed by atoms with Crippen LogP contribution in [0, 0.1) is 0 Å². The molecule has 0 saturated heterocycles. The first-order valence-corrected chi connectivity index (χ1v) is 7.95. The lowest BCUT2D eigenvalue weighted by Gasteiger charge is -2.24. The zero-order valence-corrected chi connectivity index (χ0v) is 15.2. The third-order valence-corrected chi connectivity index (χ3v) is 3.85. The van der Waals surface area contributed by atoms with Gasteiger partial charge in [-0.3, -0.25) is 9.59 Å². The van der Waals surface area contributed by atoms with Crippen LogP contribution in [0.2, 0.25) is 0 Å². The number of carbonyl (C=O) groups excluding carboxylic acids is 2. The molecule has 25 heavy (non-hydrogen) atoms. The summed E-state index contributed by atoms with van der Waals surface area (Å²) in [6.45, 7) is 4.51. The monoisotopic (exact) mass is 361 g/mol. The number of amides is 2. The van der Waals surface area contributed by atoms with Crippen molar-refractivity contribution in [1.82, 2.24) is 10.6 Å². The van der Waals surface area contributed by atoms with Crippen LogP contribution in [0.1, 0.15) is 35.3 Å². The average Bonchev–Trinajstić information content (AvgIpc) is 2.61. The maximum Gasteiger partial charge on any atom is 0.251 e. The summed E-state index contributed by atoms with van der Waals surface area (Å²) in [5, 5.41) is 5.59. The molecule has 0 spiro atoms. The van der Waals surface area contributed by atoms with Gasteiger partial charge >= 0.3 is 0 Å². The van der Waals surface area contributed by atoms with Gasteiger partial charge < -0.3 is 16.4 Å². The molecule has 1 atom stereocenters. The third kappa shape index (κ3) is 5.31. The summed E-state index contributed by atoms with van der Waals surface area (Å²) in [6, 6.07) is 16.4. The molecular weight excluding hydrogens is 338 g/mol. The van der Waals surface area contributed by atoms with Crippen LogP contribution >= 0.6 is 12.4 Å². The molecule has 0 saturated carbocycles. The van der Waals surface area contributed by atoms with Gasteiger partial charge in [-0.25, -0.2) is 0 Å². The van der Waals surface area contributed by atoms with E-state index in [1.807, 2.05) is 49.4 Å². The number of carbonyl (C=O) groups is 2. The predicted molar refractivity (Wildman–Crippen MR) is 102 cm³/mol. The lowest BCUT2D eigenvalue weighted by atomic mass is 9.92. The first-order chi connectivity index (χ1) is 11.4. The fourth-order valence-electron chi connectivity index (χ4n) is 2.32. The Labute approximate surface area is 154 Å². The zero-order chi connectivity index (χ0) is 17.6. The van der Waals surface area contributed by atoms with Crippen molar-refractivity contribution in [2.75, 3.05) is 6.54 Å². The molecule has 0 heterocycles. The summed E-state index contributed by atoms with van der Waals surface area (Å²) in [6.07, 6.45) is 0. The van der Waals surface area contributed by atoms with Gasteiger partial charge in [0.15, 0.2) is 0 Å². The second kappa shape index (κ2) is 9.20. The van der Waals surface area contributed by atoms with Gasteiger partial charge in [-0.2, -0.15) is 0 Å². The van der Waals surface area contributed by atoms with Gasteiger partial charge in [0.25, 0.3) is 5.91 Å². The van der Waals surface area contributed by atoms with Crippen LogP contribution in [-0.4, -0.2) is 18.4 Å². The van der Waals surface area contributed by atoms with E-state index in [0.29, 0.717) is 18.7 Å². The molecule has 0 fully saturated rings. The Bertz CT molecular complexity index is 700. The van der Waals surface area contributed by atoms with Gasteiger partial charge in [0.2, 0.25) is 5.91 Å². The molecule has 2 amide bonds. The number of benzene rings is 2. The highest BCUT2D eigenvalue weighted by Gasteiger charge is 2.29. The molecule has 0 radical (unpaired) electrons. The minimum atomic E-state index is -1.10. The van der Waals surface area contributed by atoms with E-state index in [1.165, 1.54) is 0 Å². The zero-order valence-electron chi connectivity index (χ0n) is 14.4.